The highest BCUT2D eigenvalue weighted by Gasteiger charge is 2.27. The molecule has 2 aliphatic carbocycles. The molecule has 45 heavy (non-hydrogen) atoms. The molecule has 0 aliphatic heterocycles. The minimum absolute atomic E-state index is 0.0607. The Kier molecular flexibility index (Phi) is 7.43. The van der Waals surface area contributed by atoms with Crippen LogP contribution in [0.4, 0.5) is 0 Å². The number of amides is 2. The fourth-order valence-electron chi connectivity index (χ4n) is 7.91. The number of carboxylic acid groups (broad SMARTS) is 1. The number of nitrogens with one attached hydrogen (secondary N) is 2. The van der Waals surface area contributed by atoms with E-state index in [4.69, 9.17) is 0 Å². The van der Waals surface area contributed by atoms with Gasteiger partial charge in [-0.1, -0.05) is 44.2 Å². The van der Waals surface area contributed by atoms with Crippen molar-refractivity contribution in [3.63, 3.8) is 0 Å². The Bertz CT molecular complexity index is 1980. The van der Waals surface area contributed by atoms with Gasteiger partial charge in [0.15, 0.2) is 6.29 Å². The highest BCUT2D eigenvalue weighted by atomic mass is 16.4. The first kappa shape index (κ1) is 29.2. The summed E-state index contributed by atoms with van der Waals surface area (Å²) >= 11 is 0. The summed E-state index contributed by atoms with van der Waals surface area (Å²) in [6.45, 7) is 4.47. The van der Waals surface area contributed by atoms with Crippen molar-refractivity contribution in [3.8, 4) is 0 Å². The van der Waals surface area contributed by atoms with Gasteiger partial charge in [-0.2, -0.15) is 0 Å². The van der Waals surface area contributed by atoms with Gasteiger partial charge in [0.05, 0.1) is 5.56 Å². The second kappa shape index (κ2) is 11.4. The Morgan fingerprint density at radius 1 is 0.578 bits per heavy atom. The first-order valence-electron chi connectivity index (χ1n) is 16.3. The predicted octanol–water partition coefficient (Wildman–Crippen LogP) is 7.86. The summed E-state index contributed by atoms with van der Waals surface area (Å²) in [6, 6.07) is 14.4. The first-order valence-corrected chi connectivity index (χ1v) is 16.3. The van der Waals surface area contributed by atoms with Crippen LogP contribution < -0.4 is 10.6 Å². The molecule has 5 aromatic carbocycles. The molecule has 0 spiro atoms. The van der Waals surface area contributed by atoms with E-state index in [9.17, 15) is 24.3 Å². The summed E-state index contributed by atoms with van der Waals surface area (Å²) in [6.07, 6.45) is 8.74. The lowest BCUT2D eigenvalue weighted by atomic mass is 9.84. The maximum atomic E-state index is 13.7. The Morgan fingerprint density at radius 3 is 1.42 bits per heavy atom. The summed E-state index contributed by atoms with van der Waals surface area (Å²) in [7, 11) is 0. The fourth-order valence-corrected chi connectivity index (χ4v) is 7.91. The quantitative estimate of drug-likeness (QED) is 0.104. The van der Waals surface area contributed by atoms with Gasteiger partial charge >= 0.3 is 5.97 Å². The monoisotopic (exact) mass is 602 g/mol. The molecule has 2 saturated carbocycles. The minimum Gasteiger partial charge on any atom is -0.478 e. The molecule has 0 atom stereocenters. The topological polar surface area (TPSA) is 113 Å². The first-order chi connectivity index (χ1) is 21.7. The van der Waals surface area contributed by atoms with Crippen molar-refractivity contribution in [2.24, 2.45) is 11.8 Å². The van der Waals surface area contributed by atoms with Gasteiger partial charge in [0.1, 0.15) is 0 Å². The zero-order chi connectivity index (χ0) is 31.4. The number of hydrogen-bond donors (Lipinski definition) is 3. The van der Waals surface area contributed by atoms with Crippen LogP contribution in [-0.4, -0.2) is 41.3 Å². The Labute approximate surface area is 261 Å². The molecule has 2 fully saturated rings. The van der Waals surface area contributed by atoms with Gasteiger partial charge in [0.2, 0.25) is 0 Å². The van der Waals surface area contributed by atoms with Crippen LogP contribution in [0.15, 0.2) is 48.5 Å². The number of carbonyl (C=O) groups excluding carboxylic acids is 3. The predicted molar refractivity (Wildman–Crippen MR) is 178 cm³/mol. The zero-order valence-corrected chi connectivity index (χ0v) is 25.7. The van der Waals surface area contributed by atoms with Gasteiger partial charge in [0.25, 0.3) is 11.8 Å². The van der Waals surface area contributed by atoms with E-state index in [0.29, 0.717) is 44.7 Å². The van der Waals surface area contributed by atoms with Crippen LogP contribution in [0, 0.1) is 11.8 Å². The SMILES string of the molecule is CC1CCC(NC(=O)c2ccc3c4ccc(C(=O)O)c5c(C(=O)NC6CCC(C)CC6)ccc(c6ccc(C=O)c2c36)c54)CC1. The van der Waals surface area contributed by atoms with Crippen LogP contribution in [0.5, 0.6) is 0 Å². The smallest absolute Gasteiger partial charge is 0.336 e. The van der Waals surface area contributed by atoms with E-state index in [-0.39, 0.29) is 29.5 Å². The molecule has 0 saturated heterocycles. The number of aromatic carboxylic acids is 1. The molecule has 5 aromatic rings. The molecular formula is C38H38N2O5. The number of aldehydes is 1. The summed E-state index contributed by atoms with van der Waals surface area (Å²) in [5, 5.41) is 22.3. The van der Waals surface area contributed by atoms with Crippen LogP contribution in [0.1, 0.15) is 107 Å². The van der Waals surface area contributed by atoms with Crippen molar-refractivity contribution in [2.45, 2.75) is 77.3 Å². The highest BCUT2D eigenvalue weighted by Crippen LogP contribution is 2.44. The summed E-state index contributed by atoms with van der Waals surface area (Å²) in [5.74, 6) is -0.259. The number of benzene rings is 5. The van der Waals surface area contributed by atoms with Gasteiger partial charge in [-0.3, -0.25) is 14.4 Å². The highest BCUT2D eigenvalue weighted by molar-refractivity contribution is 6.38. The maximum absolute atomic E-state index is 13.7. The van der Waals surface area contributed by atoms with Crippen molar-refractivity contribution < 1.29 is 24.3 Å². The second-order valence-electron chi connectivity index (χ2n) is 13.5. The Hall–Kier alpha value is -4.52. The van der Waals surface area contributed by atoms with Crippen molar-refractivity contribution in [1.82, 2.24) is 10.6 Å². The van der Waals surface area contributed by atoms with E-state index >= 15 is 0 Å². The minimum atomic E-state index is -1.10. The number of carboxylic acids is 1. The molecule has 2 amide bonds. The molecule has 230 valence electrons. The van der Waals surface area contributed by atoms with Gasteiger partial charge < -0.3 is 15.7 Å². The van der Waals surface area contributed by atoms with Crippen molar-refractivity contribution >= 4 is 67.2 Å². The third-order valence-electron chi connectivity index (χ3n) is 10.5. The van der Waals surface area contributed by atoms with Crippen LogP contribution >= 0.6 is 0 Å². The van der Waals surface area contributed by atoms with Gasteiger partial charge in [-0.05, 0) is 114 Å². The third-order valence-corrected chi connectivity index (χ3v) is 10.5. The normalized spacial score (nSPS) is 22.2. The summed E-state index contributed by atoms with van der Waals surface area (Å²) in [4.78, 5) is 52.4. The Balaban J connectivity index is 1.42. The molecule has 0 aromatic heterocycles. The fraction of sp³-hybridized carbons (Fsp3) is 0.368. The van der Waals surface area contributed by atoms with E-state index in [1.54, 1.807) is 30.3 Å². The van der Waals surface area contributed by atoms with Crippen molar-refractivity contribution in [2.75, 3.05) is 0 Å². The summed E-state index contributed by atoms with van der Waals surface area (Å²) < 4.78 is 0. The van der Waals surface area contributed by atoms with E-state index < -0.39 is 5.97 Å². The summed E-state index contributed by atoms with van der Waals surface area (Å²) in [5.41, 5.74) is 1.29. The van der Waals surface area contributed by atoms with Crippen LogP contribution in [-0.2, 0) is 0 Å². The average molecular weight is 603 g/mol. The Morgan fingerprint density at radius 2 is 0.978 bits per heavy atom. The van der Waals surface area contributed by atoms with Crippen molar-refractivity contribution in [3.05, 3.63) is 70.8 Å². The molecule has 0 heterocycles. The zero-order valence-electron chi connectivity index (χ0n) is 25.7. The molecule has 0 radical (unpaired) electrons. The number of fused-ring (bicyclic) bond motifs is 2. The lowest BCUT2D eigenvalue weighted by Gasteiger charge is -2.27. The number of rotatable bonds is 6. The van der Waals surface area contributed by atoms with Gasteiger partial charge in [-0.15, -0.1) is 0 Å². The van der Waals surface area contributed by atoms with E-state index in [2.05, 4.69) is 24.5 Å². The molecule has 7 rings (SSSR count). The molecule has 0 bridgehead atoms. The lowest BCUT2D eigenvalue weighted by Crippen LogP contribution is -2.37. The average Bonchev–Trinajstić information content (AvgIpc) is 3.04. The van der Waals surface area contributed by atoms with Crippen molar-refractivity contribution in [1.29, 1.82) is 0 Å². The largest absolute Gasteiger partial charge is 0.478 e. The van der Waals surface area contributed by atoms with Crippen LogP contribution in [0.2, 0.25) is 0 Å². The second-order valence-corrected chi connectivity index (χ2v) is 13.5. The molecular weight excluding hydrogens is 564 g/mol. The van der Waals surface area contributed by atoms with E-state index in [0.717, 1.165) is 84.6 Å². The standard InChI is InChI=1S/C38H38N2O5/c1-20-3-8-23(9-4-20)39-36(42)29-16-13-26-28-15-18-31(38(44)45)35-30(37(43)40-24-10-5-21(2)6-11-24)17-14-27(34(28)35)25-12-7-22(19-41)32(29)33(25)26/h7,12-21,23-24H,3-6,8-11H2,1-2H3,(H,39,42)(H,40,43)(H,44,45). The third kappa shape index (κ3) is 4.98. The molecule has 0 unspecified atom stereocenters. The van der Waals surface area contributed by atoms with Gasteiger partial charge in [-0.25, -0.2) is 4.79 Å². The number of hydrogen-bond acceptors (Lipinski definition) is 4. The van der Waals surface area contributed by atoms with Crippen LogP contribution in [0.3, 0.4) is 0 Å². The maximum Gasteiger partial charge on any atom is 0.336 e. The lowest BCUT2D eigenvalue weighted by molar-refractivity contribution is 0.0698. The van der Waals surface area contributed by atoms with Crippen LogP contribution in [0.25, 0.3) is 43.1 Å². The van der Waals surface area contributed by atoms with E-state index in [1.807, 2.05) is 18.2 Å². The van der Waals surface area contributed by atoms with E-state index in [1.165, 1.54) is 0 Å². The molecule has 2 aliphatic rings. The number of carbonyl (C=O) groups is 4. The molecule has 7 nitrogen and oxygen atoms in total. The molecule has 7 heteroatoms. The molecule has 3 N–H and O–H groups in total. The van der Waals surface area contributed by atoms with Gasteiger partial charge in [0, 0.05) is 39.5 Å².